The number of primary amides is 2. The largest absolute Gasteiger partial charge is 0.480 e. The van der Waals surface area contributed by atoms with Gasteiger partial charge in [-0.25, -0.2) is 4.79 Å². The first-order valence-electron chi connectivity index (χ1n) is 23.1. The predicted octanol–water partition coefficient (Wildman–Crippen LogP) is 3.23. The Kier molecular flexibility index (Phi) is 27.5. The molecular weight excluding hydrogens is 867 g/mol. The predicted molar refractivity (Wildman–Crippen MR) is 254 cm³/mol. The number of rotatable bonds is 35. The van der Waals surface area contributed by atoms with Crippen molar-refractivity contribution in [2.75, 3.05) is 12.0 Å². The van der Waals surface area contributed by atoms with E-state index >= 15 is 0 Å². The third-order valence-corrected chi connectivity index (χ3v) is 11.7. The molecule has 6 atom stereocenters. The van der Waals surface area contributed by atoms with Crippen LogP contribution in [0.2, 0.25) is 0 Å². The number of carbonyl (C=O) groups excluding carboxylic acids is 7. The van der Waals surface area contributed by atoms with Gasteiger partial charge in [0.2, 0.25) is 41.4 Å². The number of carboxylic acid groups (broad SMARTS) is 1. The van der Waals surface area contributed by atoms with E-state index in [1.165, 1.54) is 6.26 Å². The Labute approximate surface area is 392 Å². The highest BCUT2D eigenvalue weighted by atomic mass is 32.2. The summed E-state index contributed by atoms with van der Waals surface area (Å²) < 4.78 is 12.2. The lowest BCUT2D eigenvalue weighted by Gasteiger charge is -2.25. The lowest BCUT2D eigenvalue weighted by atomic mass is 10.0. The van der Waals surface area contributed by atoms with E-state index in [2.05, 4.69) is 26.6 Å². The summed E-state index contributed by atoms with van der Waals surface area (Å²) in [5.41, 5.74) is 12.4. The van der Waals surface area contributed by atoms with Crippen LogP contribution in [0.4, 0.5) is 0 Å². The summed E-state index contributed by atoms with van der Waals surface area (Å²) in [5, 5.41) is 22.7. The summed E-state index contributed by atoms with van der Waals surface area (Å²) in [6, 6.07) is 12.2. The number of carboxylic acids is 1. The molecule has 0 spiro atoms. The summed E-state index contributed by atoms with van der Waals surface area (Å²) in [6.45, 7) is 3.77. The number of nitrogens with one attached hydrogen (secondary N) is 5. The van der Waals surface area contributed by atoms with E-state index < -0.39 is 88.8 Å². The quantitative estimate of drug-likeness (QED) is 0.0467. The van der Waals surface area contributed by atoms with Crippen molar-refractivity contribution in [1.29, 1.82) is 0 Å². The van der Waals surface area contributed by atoms with Crippen LogP contribution in [-0.2, 0) is 62.0 Å². The van der Waals surface area contributed by atoms with Gasteiger partial charge in [0.1, 0.15) is 30.2 Å². The van der Waals surface area contributed by atoms with Gasteiger partial charge in [-0.2, -0.15) is 0 Å². The second kappa shape index (κ2) is 32.1. The topological polar surface area (TPSA) is 286 Å². The highest BCUT2D eigenvalue weighted by Gasteiger charge is 2.31. The number of aliphatic carboxylic acids is 1. The van der Waals surface area contributed by atoms with Crippen LogP contribution >= 0.6 is 0 Å². The van der Waals surface area contributed by atoms with Crippen LogP contribution in [0.1, 0.15) is 128 Å². The monoisotopic (exact) mass is 940 g/mol. The van der Waals surface area contributed by atoms with Crippen LogP contribution in [0, 0.1) is 5.92 Å². The molecule has 366 valence electrons. The molecule has 0 fully saturated rings. The van der Waals surface area contributed by atoms with Gasteiger partial charge >= 0.3 is 5.97 Å². The van der Waals surface area contributed by atoms with Crippen LogP contribution in [0.25, 0.3) is 0 Å². The van der Waals surface area contributed by atoms with Crippen molar-refractivity contribution in [2.24, 2.45) is 17.4 Å². The van der Waals surface area contributed by atoms with Crippen molar-refractivity contribution in [2.45, 2.75) is 160 Å². The summed E-state index contributed by atoms with van der Waals surface area (Å²) >= 11 is 0. The third-order valence-electron chi connectivity index (χ3n) is 10.8. The normalized spacial score (nSPS) is 13.8. The first-order valence-corrected chi connectivity index (χ1v) is 24.9. The molecule has 66 heavy (non-hydrogen) atoms. The zero-order valence-corrected chi connectivity index (χ0v) is 39.7. The number of nitrogens with two attached hydrogens (primary N) is 2. The van der Waals surface area contributed by atoms with Crippen molar-refractivity contribution in [3.63, 3.8) is 0 Å². The van der Waals surface area contributed by atoms with Gasteiger partial charge < -0.3 is 43.2 Å². The maximum absolute atomic E-state index is 13.4. The highest BCUT2D eigenvalue weighted by molar-refractivity contribution is 7.84. The molecular formula is C48H73N7O10S. The smallest absolute Gasteiger partial charge is 0.326 e. The van der Waals surface area contributed by atoms with Gasteiger partial charge in [0, 0.05) is 42.7 Å². The van der Waals surface area contributed by atoms with Crippen molar-refractivity contribution >= 4 is 58.1 Å². The average Bonchev–Trinajstić information content (AvgIpc) is 3.25. The van der Waals surface area contributed by atoms with Crippen molar-refractivity contribution in [3.8, 4) is 0 Å². The standard InChI is InChI=1S/C48H73N7O10S/c1-33(2)28-37(45(60)53-36(44(50)59)29-34-22-16-14-17-23-34)54-47(62)40(32-66(3)65)52-43(58)27-21-13-11-9-7-5-4-6-8-10-12-20-26-42(57)51-38(31-41(49)56)46(61)55-39(48(63)64)30-35-24-18-15-19-25-35/h14-19,22-25,33,36-40H,4-13,20-21,26-32H2,1-3H3,(H2,49,56)(H2,50,59)(H,51,57)(H,52,58)(H,53,60)(H,54,62)(H,55,61)(H,63,64)/t36-,37-,38-,39-,40-,66?/m0/s1. The number of hydrogen-bond donors (Lipinski definition) is 8. The van der Waals surface area contributed by atoms with Crippen LogP contribution in [0.5, 0.6) is 0 Å². The molecule has 1 unspecified atom stereocenters. The molecule has 0 radical (unpaired) electrons. The van der Waals surface area contributed by atoms with Gasteiger partial charge in [0.05, 0.1) is 12.2 Å². The molecule has 17 nitrogen and oxygen atoms in total. The van der Waals surface area contributed by atoms with E-state index in [1.54, 1.807) is 30.3 Å². The van der Waals surface area contributed by atoms with Gasteiger partial charge in [-0.3, -0.25) is 37.8 Å². The lowest BCUT2D eigenvalue weighted by molar-refractivity contribution is -0.142. The Bertz CT molecular complexity index is 1870. The fourth-order valence-corrected chi connectivity index (χ4v) is 8.05. The Morgan fingerprint density at radius 1 is 0.530 bits per heavy atom. The molecule has 0 saturated carbocycles. The zero-order valence-electron chi connectivity index (χ0n) is 38.9. The van der Waals surface area contributed by atoms with Crippen LogP contribution in [0.3, 0.4) is 0 Å². The minimum Gasteiger partial charge on any atom is -0.480 e. The van der Waals surface area contributed by atoms with E-state index in [0.29, 0.717) is 18.4 Å². The minimum absolute atomic E-state index is 0.000867. The second-order valence-electron chi connectivity index (χ2n) is 17.3. The SMILES string of the molecule is CC(C)C[C@H](NC(=O)[C@H](CS(C)=O)NC(=O)CCCCCCCCCCCCCCC(=O)N[C@@H](CC(N)=O)C(=O)N[C@@H](Cc1ccccc1)C(=O)O)C(=O)N[C@@H](Cc1ccccc1)C(N)=O. The number of amides is 7. The Morgan fingerprint density at radius 2 is 0.909 bits per heavy atom. The molecule has 0 aliphatic heterocycles. The first kappa shape index (κ1) is 56.5. The lowest BCUT2D eigenvalue weighted by Crippen LogP contribution is -2.57. The van der Waals surface area contributed by atoms with Crippen molar-refractivity contribution < 1.29 is 47.7 Å². The maximum atomic E-state index is 13.4. The molecule has 18 heteroatoms. The molecule has 0 heterocycles. The number of benzene rings is 2. The van der Waals surface area contributed by atoms with Gasteiger partial charge in [-0.1, -0.05) is 139 Å². The minimum atomic E-state index is -1.43. The van der Waals surface area contributed by atoms with Crippen LogP contribution < -0.4 is 38.1 Å². The number of hydrogen-bond acceptors (Lipinski definition) is 9. The molecule has 10 N–H and O–H groups in total. The van der Waals surface area contributed by atoms with E-state index in [0.717, 1.165) is 69.8 Å². The fraction of sp³-hybridized carbons (Fsp3) is 0.583. The Morgan fingerprint density at radius 3 is 1.32 bits per heavy atom. The zero-order chi connectivity index (χ0) is 48.9. The number of unbranched alkanes of at least 4 members (excludes halogenated alkanes) is 11. The van der Waals surface area contributed by atoms with Gasteiger partial charge in [0.15, 0.2) is 0 Å². The summed E-state index contributed by atoms with van der Waals surface area (Å²) in [6.07, 6.45) is 12.9. The number of carbonyl (C=O) groups is 8. The molecule has 2 aromatic carbocycles. The molecule has 0 aliphatic rings. The van der Waals surface area contributed by atoms with E-state index in [1.807, 2.05) is 44.2 Å². The summed E-state index contributed by atoms with van der Waals surface area (Å²) in [5.74, 6) is -5.65. The molecule has 0 saturated heterocycles. The average molecular weight is 940 g/mol. The van der Waals surface area contributed by atoms with Crippen molar-refractivity contribution in [3.05, 3.63) is 71.8 Å². The van der Waals surface area contributed by atoms with Gasteiger partial charge in [0.25, 0.3) is 0 Å². The maximum Gasteiger partial charge on any atom is 0.326 e. The Balaban J connectivity index is 1.64. The van der Waals surface area contributed by atoms with E-state index in [-0.39, 0.29) is 49.7 Å². The summed E-state index contributed by atoms with van der Waals surface area (Å²) in [4.78, 5) is 101. The molecule has 7 amide bonds. The molecule has 0 aromatic heterocycles. The van der Waals surface area contributed by atoms with Crippen LogP contribution in [-0.4, -0.2) is 98.9 Å². The Hall–Kier alpha value is -5.65. The third kappa shape index (κ3) is 25.2. The van der Waals surface area contributed by atoms with Gasteiger partial charge in [-0.05, 0) is 36.3 Å². The second-order valence-corrected chi connectivity index (χ2v) is 18.8. The molecule has 0 aliphatic carbocycles. The highest BCUT2D eigenvalue weighted by Crippen LogP contribution is 2.14. The summed E-state index contributed by atoms with van der Waals surface area (Å²) in [7, 11) is -1.43. The van der Waals surface area contributed by atoms with E-state index in [9.17, 15) is 47.7 Å². The molecule has 2 rings (SSSR count). The van der Waals surface area contributed by atoms with E-state index in [4.69, 9.17) is 11.5 Å². The molecule has 0 bridgehead atoms. The van der Waals surface area contributed by atoms with Crippen molar-refractivity contribution in [1.82, 2.24) is 26.6 Å². The van der Waals surface area contributed by atoms with Crippen LogP contribution in [0.15, 0.2) is 60.7 Å². The molecule has 2 aromatic rings. The van der Waals surface area contributed by atoms with Gasteiger partial charge in [-0.15, -0.1) is 0 Å². The first-order chi connectivity index (χ1) is 31.4. The fourth-order valence-electron chi connectivity index (χ4n) is 7.34.